The molecule has 2 aromatic carbocycles. The van der Waals surface area contributed by atoms with Crippen LogP contribution in [0.5, 0.6) is 5.75 Å². The Hall–Kier alpha value is -1.84. The Kier molecular flexibility index (Phi) is 5.77. The molecular formula is C22H28O3. The van der Waals surface area contributed by atoms with Gasteiger partial charge in [-0.05, 0) is 48.9 Å². The maximum Gasteiger partial charge on any atom is 0.195 e. The number of hydrogen-bond acceptors (Lipinski definition) is 3. The molecule has 0 N–H and O–H groups in total. The molecule has 1 heterocycles. The average Bonchev–Trinajstić information content (AvgIpc) is 3.06. The first kappa shape index (κ1) is 18.0. The molecule has 0 atom stereocenters. The van der Waals surface area contributed by atoms with Gasteiger partial charge in [0.05, 0.1) is 18.8 Å². The molecule has 3 nitrogen and oxygen atoms in total. The van der Waals surface area contributed by atoms with E-state index in [0.717, 1.165) is 23.3 Å². The van der Waals surface area contributed by atoms with E-state index in [9.17, 15) is 0 Å². The van der Waals surface area contributed by atoms with Gasteiger partial charge in [-0.1, -0.05) is 50.2 Å². The summed E-state index contributed by atoms with van der Waals surface area (Å²) in [7, 11) is 0. The van der Waals surface area contributed by atoms with E-state index >= 15 is 0 Å². The van der Waals surface area contributed by atoms with Crippen molar-refractivity contribution in [3.63, 3.8) is 0 Å². The molecular weight excluding hydrogens is 312 g/mol. The third-order valence-corrected chi connectivity index (χ3v) is 4.62. The molecule has 0 amide bonds. The molecule has 1 fully saturated rings. The Morgan fingerprint density at radius 2 is 1.72 bits per heavy atom. The molecule has 1 saturated heterocycles. The highest BCUT2D eigenvalue weighted by Crippen LogP contribution is 2.38. The first-order valence-corrected chi connectivity index (χ1v) is 9.15. The molecule has 134 valence electrons. The molecule has 0 aromatic heterocycles. The Morgan fingerprint density at radius 1 is 1.00 bits per heavy atom. The van der Waals surface area contributed by atoms with Crippen molar-refractivity contribution in [2.75, 3.05) is 13.2 Å². The summed E-state index contributed by atoms with van der Waals surface area (Å²) in [6, 6.07) is 16.6. The molecule has 3 heteroatoms. The maximum absolute atomic E-state index is 6.19. The highest BCUT2D eigenvalue weighted by atomic mass is 16.7. The van der Waals surface area contributed by atoms with Gasteiger partial charge in [-0.2, -0.15) is 0 Å². The lowest BCUT2D eigenvalue weighted by atomic mass is 9.98. The molecule has 0 spiro atoms. The number of ether oxygens (including phenoxy) is 3. The standard InChI is InChI=1S/C22H28O3/c1-17(2)9-10-18-11-12-20(22(3)24-13-14-25-22)21(15-18)23-16-19-7-5-4-6-8-19/h4-8,11-12,15,17H,9-10,13-14,16H2,1-3H3. The fourth-order valence-corrected chi connectivity index (χ4v) is 3.08. The van der Waals surface area contributed by atoms with Crippen molar-refractivity contribution in [2.24, 2.45) is 5.92 Å². The van der Waals surface area contributed by atoms with Crippen LogP contribution in [0.3, 0.4) is 0 Å². The van der Waals surface area contributed by atoms with Gasteiger partial charge in [0, 0.05) is 0 Å². The summed E-state index contributed by atoms with van der Waals surface area (Å²) in [4.78, 5) is 0. The van der Waals surface area contributed by atoms with Gasteiger partial charge >= 0.3 is 0 Å². The lowest BCUT2D eigenvalue weighted by Crippen LogP contribution is -2.23. The zero-order valence-electron chi connectivity index (χ0n) is 15.5. The van der Waals surface area contributed by atoms with Crippen LogP contribution in [0, 0.1) is 5.92 Å². The van der Waals surface area contributed by atoms with Gasteiger partial charge in [-0.3, -0.25) is 0 Å². The normalized spacial score (nSPS) is 16.3. The second-order valence-electron chi connectivity index (χ2n) is 7.18. The minimum Gasteiger partial charge on any atom is -0.488 e. The van der Waals surface area contributed by atoms with E-state index in [-0.39, 0.29) is 0 Å². The fourth-order valence-electron chi connectivity index (χ4n) is 3.08. The smallest absolute Gasteiger partial charge is 0.195 e. The van der Waals surface area contributed by atoms with E-state index in [2.05, 4.69) is 44.2 Å². The van der Waals surface area contributed by atoms with Crippen molar-refractivity contribution in [3.8, 4) is 5.75 Å². The first-order valence-electron chi connectivity index (χ1n) is 9.15. The van der Waals surface area contributed by atoms with E-state index in [1.165, 1.54) is 12.0 Å². The first-order chi connectivity index (χ1) is 12.1. The van der Waals surface area contributed by atoms with Crippen molar-refractivity contribution in [1.82, 2.24) is 0 Å². The van der Waals surface area contributed by atoms with Gasteiger partial charge in [0.1, 0.15) is 12.4 Å². The molecule has 1 aliphatic rings. The van der Waals surface area contributed by atoms with Gasteiger partial charge in [-0.15, -0.1) is 0 Å². The van der Waals surface area contributed by atoms with E-state index in [0.29, 0.717) is 25.7 Å². The highest BCUT2D eigenvalue weighted by molar-refractivity contribution is 5.41. The molecule has 1 aliphatic heterocycles. The van der Waals surface area contributed by atoms with Crippen LogP contribution < -0.4 is 4.74 Å². The van der Waals surface area contributed by atoms with Crippen LogP contribution in [0.25, 0.3) is 0 Å². The fraction of sp³-hybridized carbons (Fsp3) is 0.455. The average molecular weight is 340 g/mol. The summed E-state index contributed by atoms with van der Waals surface area (Å²) in [6.07, 6.45) is 2.22. The third-order valence-electron chi connectivity index (χ3n) is 4.62. The molecule has 2 aromatic rings. The van der Waals surface area contributed by atoms with Crippen LogP contribution in [-0.2, 0) is 28.3 Å². The zero-order valence-corrected chi connectivity index (χ0v) is 15.5. The van der Waals surface area contributed by atoms with Crippen LogP contribution in [0.1, 0.15) is 43.9 Å². The number of benzene rings is 2. The molecule has 25 heavy (non-hydrogen) atoms. The highest BCUT2D eigenvalue weighted by Gasteiger charge is 2.36. The van der Waals surface area contributed by atoms with Crippen LogP contribution in [0.2, 0.25) is 0 Å². The van der Waals surface area contributed by atoms with Crippen molar-refractivity contribution >= 4 is 0 Å². The second kappa shape index (κ2) is 8.03. The Bertz CT molecular complexity index is 673. The Morgan fingerprint density at radius 3 is 2.40 bits per heavy atom. The predicted octanol–water partition coefficient (Wildman–Crippen LogP) is 5.07. The minimum atomic E-state index is -0.720. The maximum atomic E-state index is 6.19. The van der Waals surface area contributed by atoms with Gasteiger partial charge in [0.2, 0.25) is 0 Å². The van der Waals surface area contributed by atoms with E-state index in [1.807, 2.05) is 25.1 Å². The lowest BCUT2D eigenvalue weighted by molar-refractivity contribution is -0.150. The molecule has 0 bridgehead atoms. The molecule has 0 aliphatic carbocycles. The van der Waals surface area contributed by atoms with Crippen molar-refractivity contribution < 1.29 is 14.2 Å². The summed E-state index contributed by atoms with van der Waals surface area (Å²) in [5, 5.41) is 0. The SMILES string of the molecule is CC(C)CCc1ccc(C2(C)OCCO2)c(OCc2ccccc2)c1. The summed E-state index contributed by atoms with van der Waals surface area (Å²) < 4.78 is 17.9. The second-order valence-corrected chi connectivity index (χ2v) is 7.18. The van der Waals surface area contributed by atoms with Crippen LogP contribution in [-0.4, -0.2) is 13.2 Å². The molecule has 0 unspecified atom stereocenters. The summed E-state index contributed by atoms with van der Waals surface area (Å²) in [5.74, 6) is 0.824. The summed E-state index contributed by atoms with van der Waals surface area (Å²) in [6.45, 7) is 8.24. The largest absolute Gasteiger partial charge is 0.488 e. The van der Waals surface area contributed by atoms with Crippen LogP contribution >= 0.6 is 0 Å². The van der Waals surface area contributed by atoms with Gasteiger partial charge in [-0.25, -0.2) is 0 Å². The van der Waals surface area contributed by atoms with E-state index in [1.54, 1.807) is 0 Å². The van der Waals surface area contributed by atoms with E-state index < -0.39 is 5.79 Å². The zero-order chi connectivity index (χ0) is 17.7. The lowest BCUT2D eigenvalue weighted by Gasteiger charge is -2.26. The third kappa shape index (κ3) is 4.62. The Balaban J connectivity index is 1.83. The van der Waals surface area contributed by atoms with Crippen LogP contribution in [0.4, 0.5) is 0 Å². The summed E-state index contributed by atoms with van der Waals surface area (Å²) in [5.41, 5.74) is 3.41. The van der Waals surface area contributed by atoms with Crippen LogP contribution in [0.15, 0.2) is 48.5 Å². The predicted molar refractivity (Wildman–Crippen MR) is 99.6 cm³/mol. The number of aryl methyl sites for hydroxylation is 1. The van der Waals surface area contributed by atoms with Gasteiger partial charge < -0.3 is 14.2 Å². The quantitative estimate of drug-likeness (QED) is 0.704. The number of rotatable bonds is 7. The van der Waals surface area contributed by atoms with Crippen molar-refractivity contribution in [1.29, 1.82) is 0 Å². The van der Waals surface area contributed by atoms with Gasteiger partial charge in [0.25, 0.3) is 0 Å². The molecule has 0 radical (unpaired) electrons. The van der Waals surface area contributed by atoms with E-state index in [4.69, 9.17) is 14.2 Å². The topological polar surface area (TPSA) is 27.7 Å². The van der Waals surface area contributed by atoms with Crippen molar-refractivity contribution in [2.45, 2.75) is 46.0 Å². The summed E-state index contributed by atoms with van der Waals surface area (Å²) >= 11 is 0. The number of hydrogen-bond donors (Lipinski definition) is 0. The monoisotopic (exact) mass is 340 g/mol. The van der Waals surface area contributed by atoms with Crippen molar-refractivity contribution in [3.05, 3.63) is 65.2 Å². The molecule has 0 saturated carbocycles. The molecule has 3 rings (SSSR count). The van der Waals surface area contributed by atoms with Gasteiger partial charge in [0.15, 0.2) is 5.79 Å². The minimum absolute atomic E-state index is 0.539. The Labute approximate surface area is 150 Å².